The van der Waals surface area contributed by atoms with Gasteiger partial charge in [0, 0.05) is 46.9 Å². The van der Waals surface area contributed by atoms with E-state index >= 15 is 0 Å². The van der Waals surface area contributed by atoms with Crippen LogP contribution in [0.15, 0.2) is 41.3 Å². The Labute approximate surface area is 181 Å². The molecule has 0 aliphatic carbocycles. The molecule has 0 spiro atoms. The zero-order valence-electron chi connectivity index (χ0n) is 18.2. The third-order valence-electron chi connectivity index (χ3n) is 5.62. The summed E-state index contributed by atoms with van der Waals surface area (Å²) in [6, 6.07) is 9.80. The van der Waals surface area contributed by atoms with Gasteiger partial charge in [0.05, 0.1) is 6.54 Å². The molecule has 2 aromatic rings. The Hall–Kier alpha value is -3.42. The number of hydrogen-bond donors (Lipinski definition) is 1. The number of amides is 3. The Morgan fingerprint density at radius 1 is 1.16 bits per heavy atom. The summed E-state index contributed by atoms with van der Waals surface area (Å²) in [7, 11) is 3.01. The van der Waals surface area contributed by atoms with Crippen molar-refractivity contribution in [1.29, 1.82) is 0 Å². The van der Waals surface area contributed by atoms with Crippen LogP contribution in [0.4, 0.5) is 0 Å². The van der Waals surface area contributed by atoms with Crippen LogP contribution >= 0.6 is 0 Å². The average Bonchev–Trinajstić information content (AvgIpc) is 2.77. The zero-order chi connectivity index (χ0) is 22.5. The molecular formula is C23H28N4O4. The van der Waals surface area contributed by atoms with Crippen molar-refractivity contribution in [2.24, 2.45) is 0 Å². The first-order chi connectivity index (χ1) is 14.8. The number of nitrogens with one attached hydrogen (secondary N) is 1. The topological polar surface area (TPSA) is 91.7 Å². The molecule has 0 saturated heterocycles. The van der Waals surface area contributed by atoms with Gasteiger partial charge in [0.15, 0.2) is 0 Å². The fraction of sp³-hybridized carbons (Fsp3) is 0.391. The van der Waals surface area contributed by atoms with Crippen molar-refractivity contribution in [3.05, 3.63) is 69.1 Å². The monoisotopic (exact) mass is 424 g/mol. The van der Waals surface area contributed by atoms with E-state index in [9.17, 15) is 19.2 Å². The zero-order valence-corrected chi connectivity index (χ0v) is 18.2. The van der Waals surface area contributed by atoms with Crippen LogP contribution in [0, 0.1) is 0 Å². The van der Waals surface area contributed by atoms with E-state index in [4.69, 9.17) is 0 Å². The Morgan fingerprint density at radius 3 is 2.52 bits per heavy atom. The van der Waals surface area contributed by atoms with Crippen LogP contribution in [0.2, 0.25) is 0 Å². The molecule has 1 aromatic heterocycles. The van der Waals surface area contributed by atoms with E-state index < -0.39 is 5.91 Å². The molecule has 164 valence electrons. The van der Waals surface area contributed by atoms with E-state index in [2.05, 4.69) is 5.32 Å². The van der Waals surface area contributed by atoms with Crippen molar-refractivity contribution in [2.45, 2.75) is 32.9 Å². The highest BCUT2D eigenvalue weighted by Gasteiger charge is 2.29. The quantitative estimate of drug-likeness (QED) is 0.743. The lowest BCUT2D eigenvalue weighted by Gasteiger charge is -2.30. The first kappa shape index (κ1) is 22.3. The molecule has 3 amide bonds. The Bertz CT molecular complexity index is 1050. The van der Waals surface area contributed by atoms with Crippen molar-refractivity contribution >= 4 is 17.7 Å². The molecule has 1 aliphatic heterocycles. The van der Waals surface area contributed by atoms with Crippen LogP contribution in [-0.2, 0) is 35.5 Å². The Morgan fingerprint density at radius 2 is 1.87 bits per heavy atom. The van der Waals surface area contributed by atoms with E-state index in [1.807, 2.05) is 30.3 Å². The number of benzene rings is 1. The molecule has 0 radical (unpaired) electrons. The standard InChI is InChI=1S/C23H28N4O4/c1-16(28)26-12-10-19-18(13-26)14-27(11-9-17-7-5-4-6-8-17)23(31)21(19)22(30)25(3)15-20(29)24-2/h4-8,14H,9-13,15H2,1-3H3,(H,24,29). The molecule has 0 unspecified atom stereocenters. The molecule has 2 heterocycles. The Balaban J connectivity index is 2.00. The summed E-state index contributed by atoms with van der Waals surface area (Å²) in [4.78, 5) is 53.1. The summed E-state index contributed by atoms with van der Waals surface area (Å²) >= 11 is 0. The van der Waals surface area contributed by atoms with Crippen LogP contribution in [0.3, 0.4) is 0 Å². The number of aryl methyl sites for hydroxylation is 2. The molecule has 3 rings (SSSR count). The summed E-state index contributed by atoms with van der Waals surface area (Å²) in [6.07, 6.45) is 2.83. The molecule has 1 N–H and O–H groups in total. The van der Waals surface area contributed by atoms with E-state index in [1.165, 1.54) is 25.9 Å². The second kappa shape index (κ2) is 9.59. The van der Waals surface area contributed by atoms with E-state index in [0.717, 1.165) is 11.1 Å². The predicted octanol–water partition coefficient (Wildman–Crippen LogP) is 0.814. The normalized spacial score (nSPS) is 12.8. The number of likely N-dealkylation sites (N-methyl/N-ethyl adjacent to an activating group) is 2. The number of pyridine rings is 1. The number of rotatable bonds is 6. The number of carbonyl (C=O) groups is 3. The van der Waals surface area contributed by atoms with Gasteiger partial charge in [-0.1, -0.05) is 30.3 Å². The van der Waals surface area contributed by atoms with Gasteiger partial charge < -0.3 is 19.7 Å². The molecule has 8 nitrogen and oxygen atoms in total. The lowest BCUT2D eigenvalue weighted by atomic mass is 9.95. The van der Waals surface area contributed by atoms with Gasteiger partial charge in [0.25, 0.3) is 11.5 Å². The largest absolute Gasteiger partial charge is 0.358 e. The SMILES string of the molecule is CNC(=O)CN(C)C(=O)c1c2c(cn(CCc3ccccc3)c1=O)CN(C(C)=O)CC2. The summed E-state index contributed by atoms with van der Waals surface area (Å²) in [5.74, 6) is -0.833. The van der Waals surface area contributed by atoms with Crippen LogP contribution in [0.25, 0.3) is 0 Å². The first-order valence-corrected chi connectivity index (χ1v) is 10.3. The predicted molar refractivity (Wildman–Crippen MR) is 117 cm³/mol. The number of nitrogens with zero attached hydrogens (tertiary/aromatic N) is 3. The van der Waals surface area contributed by atoms with Gasteiger partial charge in [-0.2, -0.15) is 0 Å². The van der Waals surface area contributed by atoms with Crippen LogP contribution in [-0.4, -0.2) is 59.3 Å². The minimum atomic E-state index is -0.477. The van der Waals surface area contributed by atoms with Gasteiger partial charge in [-0.25, -0.2) is 0 Å². The summed E-state index contributed by atoms with van der Waals surface area (Å²) in [6.45, 7) is 2.60. The van der Waals surface area contributed by atoms with E-state index in [0.29, 0.717) is 38.0 Å². The van der Waals surface area contributed by atoms with E-state index in [1.54, 1.807) is 15.7 Å². The van der Waals surface area contributed by atoms with Crippen LogP contribution in [0.5, 0.6) is 0 Å². The van der Waals surface area contributed by atoms with Gasteiger partial charge in [0.1, 0.15) is 5.56 Å². The third-order valence-corrected chi connectivity index (χ3v) is 5.62. The van der Waals surface area contributed by atoms with Crippen molar-refractivity contribution in [1.82, 2.24) is 19.7 Å². The molecule has 1 aromatic carbocycles. The van der Waals surface area contributed by atoms with Crippen molar-refractivity contribution in [3.63, 3.8) is 0 Å². The summed E-state index contributed by atoms with van der Waals surface area (Å²) in [5, 5.41) is 2.49. The lowest BCUT2D eigenvalue weighted by molar-refractivity contribution is -0.129. The lowest BCUT2D eigenvalue weighted by Crippen LogP contribution is -2.43. The molecule has 0 bridgehead atoms. The number of aromatic nitrogens is 1. The molecule has 0 atom stereocenters. The number of hydrogen-bond acceptors (Lipinski definition) is 4. The van der Waals surface area contributed by atoms with Crippen molar-refractivity contribution < 1.29 is 14.4 Å². The van der Waals surface area contributed by atoms with Gasteiger partial charge in [0.2, 0.25) is 11.8 Å². The molecule has 31 heavy (non-hydrogen) atoms. The molecule has 8 heteroatoms. The minimum absolute atomic E-state index is 0.0442. The third kappa shape index (κ3) is 5.02. The maximum atomic E-state index is 13.3. The summed E-state index contributed by atoms with van der Waals surface area (Å²) < 4.78 is 1.55. The number of fused-ring (bicyclic) bond motifs is 1. The maximum Gasteiger partial charge on any atom is 0.263 e. The highest BCUT2D eigenvalue weighted by molar-refractivity contribution is 5.97. The molecule has 0 saturated carbocycles. The number of carbonyl (C=O) groups excluding carboxylic acids is 3. The molecule has 0 fully saturated rings. The van der Waals surface area contributed by atoms with Crippen LogP contribution < -0.4 is 10.9 Å². The van der Waals surface area contributed by atoms with Gasteiger partial charge in [-0.15, -0.1) is 0 Å². The van der Waals surface area contributed by atoms with E-state index in [-0.39, 0.29) is 29.5 Å². The summed E-state index contributed by atoms with van der Waals surface area (Å²) in [5.41, 5.74) is 2.29. The average molecular weight is 425 g/mol. The van der Waals surface area contributed by atoms with Gasteiger partial charge in [-0.05, 0) is 29.5 Å². The molecule has 1 aliphatic rings. The highest BCUT2D eigenvalue weighted by atomic mass is 16.2. The fourth-order valence-electron chi connectivity index (χ4n) is 3.82. The van der Waals surface area contributed by atoms with Crippen molar-refractivity contribution in [3.8, 4) is 0 Å². The van der Waals surface area contributed by atoms with Crippen molar-refractivity contribution in [2.75, 3.05) is 27.2 Å². The Kier molecular flexibility index (Phi) is 6.89. The highest BCUT2D eigenvalue weighted by Crippen LogP contribution is 2.22. The first-order valence-electron chi connectivity index (χ1n) is 10.3. The van der Waals surface area contributed by atoms with Gasteiger partial charge >= 0.3 is 0 Å². The second-order valence-electron chi connectivity index (χ2n) is 7.77. The fourth-order valence-corrected chi connectivity index (χ4v) is 3.82. The smallest absolute Gasteiger partial charge is 0.263 e. The minimum Gasteiger partial charge on any atom is -0.358 e. The second-order valence-corrected chi connectivity index (χ2v) is 7.77. The van der Waals surface area contributed by atoms with Gasteiger partial charge in [-0.3, -0.25) is 19.2 Å². The van der Waals surface area contributed by atoms with Crippen LogP contribution in [0.1, 0.15) is 34.0 Å². The maximum absolute atomic E-state index is 13.3. The molecular weight excluding hydrogens is 396 g/mol.